The van der Waals surface area contributed by atoms with Crippen molar-refractivity contribution < 1.29 is 63.5 Å². The second-order valence-electron chi connectivity index (χ2n) is 8.16. The molecule has 3 saturated heterocycles. The summed E-state index contributed by atoms with van der Waals surface area (Å²) in [4.78, 5) is 38.1. The summed E-state index contributed by atoms with van der Waals surface area (Å²) in [5.74, 6) is -7.32. The van der Waals surface area contributed by atoms with Gasteiger partial charge in [-0.15, -0.1) is 0 Å². The van der Waals surface area contributed by atoms with E-state index in [-0.39, 0.29) is 5.56 Å². The highest BCUT2D eigenvalue weighted by Gasteiger charge is 2.72. The van der Waals surface area contributed by atoms with Crippen LogP contribution in [0.1, 0.15) is 10.4 Å². The second-order valence-corrected chi connectivity index (χ2v) is 13.1. The van der Waals surface area contributed by atoms with Gasteiger partial charge in [0.1, 0.15) is 17.9 Å². The number of fused-ring (bicyclic) bond motifs is 1. The number of benzene rings is 1. The summed E-state index contributed by atoms with van der Waals surface area (Å²) >= 11 is 5.87. The summed E-state index contributed by atoms with van der Waals surface area (Å²) in [5, 5.41) is -3.43. The third-order valence-corrected chi connectivity index (χ3v) is 10.5. The number of amides is 1. The van der Waals surface area contributed by atoms with Crippen LogP contribution in [0.2, 0.25) is 0 Å². The molecule has 2 bridgehead atoms. The minimum Gasteiger partial charge on any atom is -0.457 e. The fourth-order valence-electron chi connectivity index (χ4n) is 4.43. The molecular weight excluding hydrogens is 882 g/mol. The Morgan fingerprint density at radius 1 is 1.08 bits per heavy atom. The summed E-state index contributed by atoms with van der Waals surface area (Å²) in [7, 11) is -6.67. The van der Waals surface area contributed by atoms with Gasteiger partial charge >= 0.3 is 33.5 Å². The topological polar surface area (TPSA) is 145 Å². The highest BCUT2D eigenvalue weighted by atomic mass is 127. The lowest BCUT2D eigenvalue weighted by atomic mass is 9.77. The first-order valence-corrected chi connectivity index (χ1v) is 14.5. The van der Waals surface area contributed by atoms with Crippen molar-refractivity contribution in [1.82, 2.24) is 5.32 Å². The predicted octanol–water partition coefficient (Wildman–Crippen LogP) is 2.49. The molecule has 2 N–H and O–H groups in total. The molecule has 3 fully saturated rings. The Morgan fingerprint density at radius 3 is 2.27 bits per heavy atom. The Bertz CT molecular complexity index is 1290. The molecule has 0 aromatic heterocycles. The summed E-state index contributed by atoms with van der Waals surface area (Å²) < 4.78 is 115. The van der Waals surface area contributed by atoms with E-state index in [1.54, 1.807) is 6.07 Å². The lowest BCUT2D eigenvalue weighted by molar-refractivity contribution is -0.261. The van der Waals surface area contributed by atoms with Crippen LogP contribution in [-0.2, 0) is 33.9 Å². The molecule has 37 heavy (non-hydrogen) atoms. The summed E-state index contributed by atoms with van der Waals surface area (Å²) in [6.07, 6.45) is -14.6. The first-order valence-electron chi connectivity index (χ1n) is 9.79. The highest BCUT2D eigenvalue weighted by Crippen LogP contribution is 2.51. The zero-order chi connectivity index (χ0) is 27.8. The molecule has 4 rings (SSSR count). The van der Waals surface area contributed by atoms with Crippen molar-refractivity contribution in [3.05, 3.63) is 28.4 Å². The van der Waals surface area contributed by atoms with Crippen molar-refractivity contribution in [2.24, 2.45) is 11.8 Å². The van der Waals surface area contributed by atoms with Crippen LogP contribution in [0.15, 0.2) is 12.1 Å². The monoisotopic (exact) mass is 893 g/mol. The number of carbonyl (C=O) groups excluding carboxylic acids is 3. The van der Waals surface area contributed by atoms with Gasteiger partial charge in [0.25, 0.3) is 12.0 Å². The minimum atomic E-state index is -6.67. The van der Waals surface area contributed by atoms with E-state index in [9.17, 15) is 44.8 Å². The van der Waals surface area contributed by atoms with E-state index in [2.05, 4.69) is 10.1 Å². The number of rotatable bonds is 6. The molecule has 3 aliphatic rings. The lowest BCUT2D eigenvalue weighted by Crippen LogP contribution is -2.57. The zero-order valence-electron chi connectivity index (χ0n) is 17.3. The standard InChI is InChI=1S/C18H11F5I3NO9S/c19-17(20,21)16(18(22,23)37(31,32)33)36-15(30)6-7-11-12(35-14(7)29)9(10(6)34-11)27-13(28)4-1-3(24)2-5(25)8(4)26/h1-2,6-7,9-12,16H,(H,27,28)(H,31,32,33). The average Bonchev–Trinajstić information content (AvgIpc) is 3.36. The number of nitrogens with one attached hydrogen (secondary N) is 1. The molecule has 7 unspecified atom stereocenters. The van der Waals surface area contributed by atoms with E-state index >= 15 is 0 Å². The largest absolute Gasteiger partial charge is 0.457 e. The van der Waals surface area contributed by atoms with Crippen molar-refractivity contribution in [3.8, 4) is 0 Å². The van der Waals surface area contributed by atoms with Gasteiger partial charge in [-0.3, -0.25) is 18.9 Å². The molecule has 3 aliphatic heterocycles. The lowest BCUT2D eigenvalue weighted by Gasteiger charge is -2.31. The summed E-state index contributed by atoms with van der Waals surface area (Å²) in [6.45, 7) is 0. The fraction of sp³-hybridized carbons (Fsp3) is 0.500. The molecule has 204 valence electrons. The number of halogens is 8. The zero-order valence-corrected chi connectivity index (χ0v) is 24.6. The van der Waals surface area contributed by atoms with Crippen LogP contribution >= 0.6 is 67.8 Å². The van der Waals surface area contributed by atoms with Crippen LogP contribution in [0.4, 0.5) is 22.0 Å². The summed E-state index contributed by atoms with van der Waals surface area (Å²) in [6, 6.07) is 2.05. The van der Waals surface area contributed by atoms with E-state index in [1.165, 1.54) is 6.07 Å². The molecule has 1 aromatic carbocycles. The fourth-order valence-corrected chi connectivity index (χ4v) is 7.28. The number of hydrogen-bond donors (Lipinski definition) is 2. The van der Waals surface area contributed by atoms with Crippen LogP contribution in [-0.4, -0.2) is 72.7 Å². The molecule has 7 atom stereocenters. The van der Waals surface area contributed by atoms with Gasteiger partial charge in [-0.05, 0) is 79.9 Å². The minimum absolute atomic E-state index is 0.199. The van der Waals surface area contributed by atoms with E-state index in [4.69, 9.17) is 14.0 Å². The first-order chi connectivity index (χ1) is 16.9. The molecule has 0 saturated carbocycles. The molecule has 3 heterocycles. The van der Waals surface area contributed by atoms with Crippen molar-refractivity contribution in [2.75, 3.05) is 0 Å². The second kappa shape index (κ2) is 9.76. The van der Waals surface area contributed by atoms with Gasteiger partial charge < -0.3 is 19.5 Å². The Hall–Kier alpha value is -0.660. The maximum Gasteiger partial charge on any atom is 0.432 e. The van der Waals surface area contributed by atoms with Crippen molar-refractivity contribution in [1.29, 1.82) is 0 Å². The third-order valence-electron chi connectivity index (χ3n) is 5.95. The maximum atomic E-state index is 13.9. The molecule has 19 heteroatoms. The van der Waals surface area contributed by atoms with E-state index in [0.717, 1.165) is 3.57 Å². The van der Waals surface area contributed by atoms with Gasteiger partial charge in [0.05, 0.1) is 17.7 Å². The Kier molecular flexibility index (Phi) is 7.74. The smallest absolute Gasteiger partial charge is 0.432 e. The Balaban J connectivity index is 1.63. The average molecular weight is 893 g/mol. The Labute approximate surface area is 244 Å². The molecule has 0 aliphatic carbocycles. The first kappa shape index (κ1) is 29.3. The van der Waals surface area contributed by atoms with Crippen molar-refractivity contribution in [3.63, 3.8) is 0 Å². The molecule has 1 amide bonds. The number of hydrogen-bond acceptors (Lipinski definition) is 8. The van der Waals surface area contributed by atoms with Gasteiger partial charge in [-0.1, -0.05) is 0 Å². The van der Waals surface area contributed by atoms with Gasteiger partial charge in [0.15, 0.2) is 6.10 Å². The molecule has 1 aromatic rings. The third kappa shape index (κ3) is 5.03. The van der Waals surface area contributed by atoms with Gasteiger partial charge in [0.2, 0.25) is 0 Å². The summed E-state index contributed by atoms with van der Waals surface area (Å²) in [5.41, 5.74) is 0.199. The molecule has 10 nitrogen and oxygen atoms in total. The van der Waals surface area contributed by atoms with Crippen LogP contribution in [0, 0.1) is 22.5 Å². The maximum absolute atomic E-state index is 13.9. The number of alkyl halides is 5. The predicted molar refractivity (Wildman–Crippen MR) is 134 cm³/mol. The Morgan fingerprint density at radius 2 is 1.70 bits per heavy atom. The SMILES string of the molecule is O=C(NC1C2OC(=O)C3C2OC1C3C(=O)OC(C(F)(F)F)C(F)(F)S(=O)(=O)O)c1cc(I)cc(I)c1I. The number of esters is 2. The van der Waals surface area contributed by atoms with Crippen molar-refractivity contribution in [2.45, 2.75) is 41.9 Å². The number of carbonyl (C=O) groups is 3. The van der Waals surface area contributed by atoms with Crippen LogP contribution in [0.3, 0.4) is 0 Å². The molecule has 0 radical (unpaired) electrons. The van der Waals surface area contributed by atoms with Gasteiger partial charge in [0, 0.05) is 10.7 Å². The quantitative estimate of drug-likeness (QED) is 0.145. The van der Waals surface area contributed by atoms with E-state index < -0.39 is 81.7 Å². The molecular formula is C18H11F5I3NO9S. The van der Waals surface area contributed by atoms with Crippen molar-refractivity contribution >= 4 is 95.7 Å². The molecule has 0 spiro atoms. The highest BCUT2D eigenvalue weighted by molar-refractivity contribution is 14.1. The van der Waals surface area contributed by atoms with Crippen LogP contribution in [0.25, 0.3) is 0 Å². The van der Waals surface area contributed by atoms with Crippen LogP contribution < -0.4 is 5.32 Å². The number of ether oxygens (including phenoxy) is 3. The van der Waals surface area contributed by atoms with E-state index in [1.807, 2.05) is 67.8 Å². The normalized spacial score (nSPS) is 29.7. The van der Waals surface area contributed by atoms with Gasteiger partial charge in [-0.2, -0.15) is 30.4 Å². The van der Waals surface area contributed by atoms with E-state index in [0.29, 0.717) is 7.14 Å². The van der Waals surface area contributed by atoms with Crippen LogP contribution in [0.5, 0.6) is 0 Å². The van der Waals surface area contributed by atoms with Gasteiger partial charge in [-0.25, -0.2) is 0 Å².